The molecule has 1 aromatic heterocycles. The van der Waals surface area contributed by atoms with E-state index in [2.05, 4.69) is 17.6 Å². The minimum Gasteiger partial charge on any atom is -0.396 e. The summed E-state index contributed by atoms with van der Waals surface area (Å²) in [5.74, 6) is 0. The van der Waals surface area contributed by atoms with Crippen molar-refractivity contribution in [3.63, 3.8) is 0 Å². The van der Waals surface area contributed by atoms with Crippen molar-refractivity contribution in [3.8, 4) is 0 Å². The van der Waals surface area contributed by atoms with Crippen molar-refractivity contribution < 1.29 is 4.74 Å². The van der Waals surface area contributed by atoms with E-state index < -0.39 is 0 Å². The molecule has 0 bridgehead atoms. The van der Waals surface area contributed by atoms with Gasteiger partial charge in [0.05, 0.1) is 45.3 Å². The first-order chi connectivity index (χ1) is 9.47. The minimum absolute atomic E-state index is 0.105. The Morgan fingerprint density at radius 2 is 2.15 bits per heavy atom. The molecule has 20 heavy (non-hydrogen) atoms. The van der Waals surface area contributed by atoms with Crippen molar-refractivity contribution in [1.82, 2.24) is 4.98 Å². The maximum atomic E-state index is 6.23. The Morgan fingerprint density at radius 3 is 2.80 bits per heavy atom. The van der Waals surface area contributed by atoms with Crippen LogP contribution in [0, 0.1) is 0 Å². The lowest BCUT2D eigenvalue weighted by Crippen LogP contribution is -2.15. The fraction of sp³-hybridized carbons (Fsp3) is 0.308. The summed E-state index contributed by atoms with van der Waals surface area (Å²) in [6, 6.07) is 1.98. The number of halogens is 1. The number of nitrogens with zero attached hydrogens (tertiary/aromatic N) is 2. The van der Waals surface area contributed by atoms with E-state index in [9.17, 15) is 0 Å². The van der Waals surface area contributed by atoms with Crippen molar-refractivity contribution in [3.05, 3.63) is 22.3 Å². The molecule has 0 radical (unpaired) electrons. The van der Waals surface area contributed by atoms with Crippen molar-refractivity contribution in [2.75, 3.05) is 30.5 Å². The normalized spacial score (nSPS) is 17.2. The van der Waals surface area contributed by atoms with Gasteiger partial charge in [0.1, 0.15) is 0 Å². The molecule has 106 valence electrons. The third-order valence-corrected chi connectivity index (χ3v) is 4.64. The Bertz CT molecular complexity index is 722. The SMILES string of the molecule is COCc1cc2c3c(c(N)c(Cl)c(N)c3n1)N(C)C2S. The molecule has 7 heteroatoms. The van der Waals surface area contributed by atoms with Gasteiger partial charge in [0.2, 0.25) is 0 Å². The molecule has 1 atom stereocenters. The van der Waals surface area contributed by atoms with Crippen LogP contribution in [0.1, 0.15) is 16.6 Å². The number of rotatable bonds is 2. The van der Waals surface area contributed by atoms with E-state index in [1.54, 1.807) is 7.11 Å². The second-order valence-electron chi connectivity index (χ2n) is 4.83. The zero-order valence-corrected chi connectivity index (χ0v) is 12.8. The highest BCUT2D eigenvalue weighted by Crippen LogP contribution is 2.52. The molecule has 0 spiro atoms. The highest BCUT2D eigenvalue weighted by atomic mass is 35.5. The maximum absolute atomic E-state index is 6.23. The number of aromatic nitrogens is 1. The number of pyridine rings is 1. The van der Waals surface area contributed by atoms with Crippen LogP contribution in [0.15, 0.2) is 6.07 Å². The van der Waals surface area contributed by atoms with E-state index in [1.807, 2.05) is 18.0 Å². The monoisotopic (exact) mass is 310 g/mol. The molecule has 0 amide bonds. The van der Waals surface area contributed by atoms with Crippen LogP contribution >= 0.6 is 24.2 Å². The summed E-state index contributed by atoms with van der Waals surface area (Å²) >= 11 is 10.9. The fourth-order valence-corrected chi connectivity index (χ4v) is 3.17. The first-order valence-corrected chi connectivity index (χ1v) is 6.96. The van der Waals surface area contributed by atoms with Crippen LogP contribution in [0.2, 0.25) is 5.02 Å². The lowest BCUT2D eigenvalue weighted by Gasteiger charge is -2.20. The lowest BCUT2D eigenvalue weighted by molar-refractivity contribution is 0.181. The van der Waals surface area contributed by atoms with E-state index in [0.717, 1.165) is 22.3 Å². The van der Waals surface area contributed by atoms with E-state index in [1.165, 1.54) is 0 Å². The number of methoxy groups -OCH3 is 1. The van der Waals surface area contributed by atoms with Crippen LogP contribution in [-0.2, 0) is 11.3 Å². The molecule has 0 fully saturated rings. The van der Waals surface area contributed by atoms with Gasteiger partial charge in [-0.1, -0.05) is 11.6 Å². The molecular weight excluding hydrogens is 296 g/mol. The summed E-state index contributed by atoms with van der Waals surface area (Å²) in [5, 5.41) is 1.16. The zero-order chi connectivity index (χ0) is 14.6. The van der Waals surface area contributed by atoms with E-state index in [4.69, 9.17) is 27.8 Å². The van der Waals surface area contributed by atoms with Gasteiger partial charge in [-0.2, -0.15) is 0 Å². The Morgan fingerprint density at radius 1 is 1.45 bits per heavy atom. The average Bonchev–Trinajstić information content (AvgIpc) is 2.68. The molecule has 0 saturated heterocycles. The van der Waals surface area contributed by atoms with Crippen LogP contribution in [0.25, 0.3) is 10.9 Å². The number of hydrogen-bond acceptors (Lipinski definition) is 6. The largest absolute Gasteiger partial charge is 0.396 e. The van der Waals surface area contributed by atoms with Gasteiger partial charge in [0.15, 0.2) is 0 Å². The third-order valence-electron chi connectivity index (χ3n) is 3.61. The maximum Gasteiger partial charge on any atom is 0.0982 e. The Labute approximate surface area is 127 Å². The summed E-state index contributed by atoms with van der Waals surface area (Å²) in [4.78, 5) is 6.52. The van der Waals surface area contributed by atoms with Crippen LogP contribution in [0.5, 0.6) is 0 Å². The van der Waals surface area contributed by atoms with Gasteiger partial charge in [-0.25, -0.2) is 4.98 Å². The average molecular weight is 311 g/mol. The van der Waals surface area contributed by atoms with Crippen LogP contribution in [0.3, 0.4) is 0 Å². The summed E-state index contributed by atoms with van der Waals surface area (Å²) < 4.78 is 5.15. The molecule has 2 aromatic rings. The molecule has 3 rings (SSSR count). The van der Waals surface area contributed by atoms with E-state index >= 15 is 0 Å². The predicted octanol–water partition coefficient (Wildman–Crippen LogP) is 2.58. The number of ether oxygens (including phenoxy) is 1. The Kier molecular flexibility index (Phi) is 3.12. The fourth-order valence-electron chi connectivity index (χ4n) is 2.67. The van der Waals surface area contributed by atoms with Crippen molar-refractivity contribution >= 4 is 52.2 Å². The minimum atomic E-state index is -0.105. The van der Waals surface area contributed by atoms with E-state index in [-0.39, 0.29) is 5.37 Å². The topological polar surface area (TPSA) is 77.4 Å². The predicted molar refractivity (Wildman–Crippen MR) is 86.4 cm³/mol. The van der Waals surface area contributed by atoms with Gasteiger partial charge in [-0.15, -0.1) is 12.6 Å². The van der Waals surface area contributed by atoms with Gasteiger partial charge >= 0.3 is 0 Å². The number of nitrogens with two attached hydrogens (primary N) is 2. The van der Waals surface area contributed by atoms with Crippen LogP contribution in [-0.4, -0.2) is 19.1 Å². The van der Waals surface area contributed by atoms with Crippen LogP contribution < -0.4 is 16.4 Å². The molecule has 1 unspecified atom stereocenters. The number of anilines is 3. The first-order valence-electron chi connectivity index (χ1n) is 6.07. The number of thiol groups is 1. The molecular formula is C13H15ClN4OS. The second-order valence-corrected chi connectivity index (χ2v) is 5.70. The number of hydrogen-bond donors (Lipinski definition) is 3. The molecule has 2 heterocycles. The zero-order valence-electron chi connectivity index (χ0n) is 11.1. The third kappa shape index (κ3) is 1.65. The van der Waals surface area contributed by atoms with Gasteiger partial charge < -0.3 is 21.1 Å². The number of benzene rings is 1. The quantitative estimate of drug-likeness (QED) is 0.587. The van der Waals surface area contributed by atoms with Gasteiger partial charge in [0, 0.05) is 19.5 Å². The molecule has 0 aliphatic carbocycles. The highest BCUT2D eigenvalue weighted by Gasteiger charge is 2.32. The summed E-state index contributed by atoms with van der Waals surface area (Å²) in [6.45, 7) is 0.407. The second kappa shape index (κ2) is 4.58. The Balaban J connectivity index is 2.44. The van der Waals surface area contributed by atoms with Crippen molar-refractivity contribution in [1.29, 1.82) is 0 Å². The molecule has 1 aliphatic heterocycles. The Hall–Kier alpha value is -1.37. The molecule has 1 aromatic carbocycles. The molecule has 1 aliphatic rings. The van der Waals surface area contributed by atoms with Gasteiger partial charge in [0.25, 0.3) is 0 Å². The van der Waals surface area contributed by atoms with Gasteiger partial charge in [-0.3, -0.25) is 0 Å². The van der Waals surface area contributed by atoms with E-state index in [0.29, 0.717) is 28.5 Å². The summed E-state index contributed by atoms with van der Waals surface area (Å²) in [7, 11) is 3.55. The highest BCUT2D eigenvalue weighted by molar-refractivity contribution is 7.80. The summed E-state index contributed by atoms with van der Waals surface area (Å²) in [6.07, 6.45) is 0. The standard InChI is InChI=1S/C13H15ClN4OS/c1-18-12-7-6(13(18)20)3-5(4-19-2)17-11(7)9(15)8(14)10(12)16/h3,13,20H,4,15-16H2,1-2H3. The van der Waals surface area contributed by atoms with Crippen molar-refractivity contribution in [2.24, 2.45) is 0 Å². The molecule has 0 saturated carbocycles. The number of nitrogen functional groups attached to an aromatic ring is 2. The van der Waals surface area contributed by atoms with Crippen molar-refractivity contribution in [2.45, 2.75) is 12.0 Å². The van der Waals surface area contributed by atoms with Gasteiger partial charge in [-0.05, 0) is 11.6 Å². The lowest BCUT2D eigenvalue weighted by atomic mass is 10.1. The summed E-state index contributed by atoms with van der Waals surface area (Å²) in [5.41, 5.74) is 16.4. The smallest absolute Gasteiger partial charge is 0.0982 e. The molecule has 5 nitrogen and oxygen atoms in total. The van der Waals surface area contributed by atoms with Crippen LogP contribution in [0.4, 0.5) is 17.1 Å². The molecule has 4 N–H and O–H groups in total. The first kappa shape index (κ1) is 13.6.